The first kappa shape index (κ1) is 16.1. The minimum Gasteiger partial charge on any atom is -0.393 e. The number of rotatable bonds is 6. The van der Waals surface area contributed by atoms with Crippen LogP contribution in [-0.4, -0.2) is 17.4 Å². The Balaban J connectivity index is 2.66. The van der Waals surface area contributed by atoms with Gasteiger partial charge in [-0.2, -0.15) is 0 Å². The van der Waals surface area contributed by atoms with Crippen molar-refractivity contribution in [3.63, 3.8) is 0 Å². The third-order valence-electron chi connectivity index (χ3n) is 3.15. The number of hydrogen-bond donors (Lipinski definition) is 2. The maximum Gasteiger partial charge on any atom is 0.230 e. The summed E-state index contributed by atoms with van der Waals surface area (Å²) in [6.45, 7) is 8.72. The molecule has 1 heterocycles. The molecule has 0 saturated heterocycles. The lowest BCUT2D eigenvalue weighted by atomic mass is 9.90. The number of hydrogen-bond acceptors (Lipinski definition) is 3. The van der Waals surface area contributed by atoms with Gasteiger partial charge in [-0.15, -0.1) is 11.3 Å². The summed E-state index contributed by atoms with van der Waals surface area (Å²) in [7, 11) is 0. The second kappa shape index (κ2) is 6.48. The lowest BCUT2D eigenvalue weighted by molar-refractivity contribution is -0.124. The van der Waals surface area contributed by atoms with Crippen LogP contribution < -0.4 is 11.1 Å². The van der Waals surface area contributed by atoms with Crippen LogP contribution in [0.1, 0.15) is 32.6 Å². The number of carbonyl (C=O) groups is 1. The molecule has 0 radical (unpaired) electrons. The van der Waals surface area contributed by atoms with Gasteiger partial charge in [0.1, 0.15) is 0 Å². The minimum atomic E-state index is -0.394. The smallest absolute Gasteiger partial charge is 0.230 e. The molecule has 3 N–H and O–H groups in total. The fraction of sp³-hybridized carbons (Fsp3) is 0.571. The molecule has 0 spiro atoms. The summed E-state index contributed by atoms with van der Waals surface area (Å²) in [6, 6.07) is 4.11. The largest absolute Gasteiger partial charge is 0.393 e. The highest BCUT2D eigenvalue weighted by Gasteiger charge is 2.28. The molecule has 1 atom stereocenters. The van der Waals surface area contributed by atoms with E-state index in [0.717, 1.165) is 0 Å². The zero-order valence-electron chi connectivity index (χ0n) is 11.9. The maximum absolute atomic E-state index is 12.2. The van der Waals surface area contributed by atoms with Crippen molar-refractivity contribution in [1.82, 2.24) is 5.32 Å². The number of thiophene rings is 1. The predicted molar refractivity (Wildman–Crippen MR) is 85.5 cm³/mol. The van der Waals surface area contributed by atoms with Crippen LogP contribution in [0.15, 0.2) is 17.5 Å². The third kappa shape index (κ3) is 4.28. The summed E-state index contributed by atoms with van der Waals surface area (Å²) in [5.41, 5.74) is 5.56. The van der Waals surface area contributed by atoms with E-state index in [1.807, 2.05) is 25.3 Å². The zero-order chi connectivity index (χ0) is 14.6. The molecule has 5 heteroatoms. The molecule has 1 rings (SSSR count). The molecule has 19 heavy (non-hydrogen) atoms. The molecular formula is C14H22N2OS2. The van der Waals surface area contributed by atoms with Crippen LogP contribution in [-0.2, 0) is 10.2 Å². The van der Waals surface area contributed by atoms with Crippen LogP contribution in [0.25, 0.3) is 0 Å². The van der Waals surface area contributed by atoms with E-state index in [2.05, 4.69) is 25.2 Å². The fourth-order valence-corrected chi connectivity index (χ4v) is 3.16. The summed E-state index contributed by atoms with van der Waals surface area (Å²) in [4.78, 5) is 13.7. The number of nitrogens with one attached hydrogen (secondary N) is 1. The highest BCUT2D eigenvalue weighted by atomic mass is 32.1. The Morgan fingerprint density at radius 2 is 2.16 bits per heavy atom. The van der Waals surface area contributed by atoms with E-state index in [1.165, 1.54) is 4.88 Å². The molecule has 106 valence electrons. The van der Waals surface area contributed by atoms with Gasteiger partial charge in [0, 0.05) is 16.8 Å². The molecule has 1 unspecified atom stereocenters. The van der Waals surface area contributed by atoms with E-state index in [9.17, 15) is 4.79 Å². The van der Waals surface area contributed by atoms with Crippen molar-refractivity contribution in [1.29, 1.82) is 0 Å². The first-order valence-corrected chi connectivity index (χ1v) is 7.65. The van der Waals surface area contributed by atoms with Gasteiger partial charge in [0.15, 0.2) is 0 Å². The molecule has 0 saturated carbocycles. The van der Waals surface area contributed by atoms with Crippen LogP contribution in [0.3, 0.4) is 0 Å². The van der Waals surface area contributed by atoms with Crippen molar-refractivity contribution in [2.45, 2.75) is 33.1 Å². The van der Waals surface area contributed by atoms with Crippen molar-refractivity contribution in [3.05, 3.63) is 22.4 Å². The molecule has 0 aliphatic carbocycles. The normalized spacial score (nSPS) is 13.3. The van der Waals surface area contributed by atoms with Crippen molar-refractivity contribution < 1.29 is 4.79 Å². The molecule has 0 fully saturated rings. The van der Waals surface area contributed by atoms with E-state index in [-0.39, 0.29) is 22.2 Å². The average molecular weight is 298 g/mol. The summed E-state index contributed by atoms with van der Waals surface area (Å²) >= 11 is 6.68. The maximum atomic E-state index is 12.2. The summed E-state index contributed by atoms with van der Waals surface area (Å²) in [6.07, 6.45) is 0. The highest BCUT2D eigenvalue weighted by molar-refractivity contribution is 7.80. The lowest BCUT2D eigenvalue weighted by Gasteiger charge is -2.26. The van der Waals surface area contributed by atoms with E-state index in [0.29, 0.717) is 6.54 Å². The molecule has 0 aromatic carbocycles. The topological polar surface area (TPSA) is 55.1 Å². The standard InChI is InChI=1S/C14H22N2OS2/c1-9(2)11(12(15)18)13(17)16-8-14(3,4)10-6-5-7-19-10/h5-7,9,11H,8H2,1-4H3,(H2,15,18)(H,16,17). The van der Waals surface area contributed by atoms with Crippen molar-refractivity contribution >= 4 is 34.5 Å². The molecule has 3 nitrogen and oxygen atoms in total. The second-order valence-electron chi connectivity index (χ2n) is 5.70. The molecule has 0 aliphatic heterocycles. The van der Waals surface area contributed by atoms with Gasteiger partial charge in [-0.1, -0.05) is 46.0 Å². The molecule has 1 aromatic heterocycles. The Labute approximate surface area is 124 Å². The Morgan fingerprint density at radius 3 is 2.58 bits per heavy atom. The van der Waals surface area contributed by atoms with Crippen LogP contribution in [0.2, 0.25) is 0 Å². The summed E-state index contributed by atoms with van der Waals surface area (Å²) in [5.74, 6) is -0.358. The monoisotopic (exact) mass is 298 g/mol. The lowest BCUT2D eigenvalue weighted by Crippen LogP contribution is -2.44. The van der Waals surface area contributed by atoms with Gasteiger partial charge < -0.3 is 11.1 Å². The number of thiocarbonyl (C=S) groups is 1. The Hall–Kier alpha value is -0.940. The van der Waals surface area contributed by atoms with E-state index in [4.69, 9.17) is 18.0 Å². The van der Waals surface area contributed by atoms with Gasteiger partial charge in [0.2, 0.25) is 5.91 Å². The van der Waals surface area contributed by atoms with Crippen molar-refractivity contribution in [2.24, 2.45) is 17.6 Å². The first-order chi connectivity index (χ1) is 8.75. The van der Waals surface area contributed by atoms with Gasteiger partial charge in [-0.25, -0.2) is 0 Å². The van der Waals surface area contributed by atoms with Gasteiger partial charge in [0.25, 0.3) is 0 Å². The molecule has 1 amide bonds. The zero-order valence-corrected chi connectivity index (χ0v) is 13.5. The first-order valence-electron chi connectivity index (χ1n) is 6.36. The number of carbonyl (C=O) groups excluding carboxylic acids is 1. The van der Waals surface area contributed by atoms with Crippen molar-refractivity contribution in [2.75, 3.05) is 6.54 Å². The third-order valence-corrected chi connectivity index (χ3v) is 4.64. The summed E-state index contributed by atoms with van der Waals surface area (Å²) in [5, 5.41) is 5.02. The number of amides is 1. The van der Waals surface area contributed by atoms with E-state index in [1.54, 1.807) is 11.3 Å². The highest BCUT2D eigenvalue weighted by Crippen LogP contribution is 2.26. The SMILES string of the molecule is CC(C)C(C(=O)NCC(C)(C)c1cccs1)C(N)=S. The summed E-state index contributed by atoms with van der Waals surface area (Å²) < 4.78 is 0. The predicted octanol–water partition coefficient (Wildman–Crippen LogP) is 2.70. The van der Waals surface area contributed by atoms with E-state index < -0.39 is 5.92 Å². The Bertz CT molecular complexity index is 438. The van der Waals surface area contributed by atoms with Crippen LogP contribution in [0, 0.1) is 11.8 Å². The average Bonchev–Trinajstić information content (AvgIpc) is 2.79. The van der Waals surface area contributed by atoms with Gasteiger partial charge >= 0.3 is 0 Å². The molecular weight excluding hydrogens is 276 g/mol. The Kier molecular flexibility index (Phi) is 5.50. The Morgan fingerprint density at radius 1 is 1.53 bits per heavy atom. The van der Waals surface area contributed by atoms with Crippen LogP contribution >= 0.6 is 23.6 Å². The number of nitrogens with two attached hydrogens (primary N) is 1. The molecule has 1 aromatic rings. The van der Waals surface area contributed by atoms with Gasteiger partial charge in [-0.05, 0) is 17.4 Å². The fourth-order valence-electron chi connectivity index (χ4n) is 1.93. The van der Waals surface area contributed by atoms with Crippen LogP contribution in [0.4, 0.5) is 0 Å². The quantitative estimate of drug-likeness (QED) is 0.794. The van der Waals surface area contributed by atoms with E-state index >= 15 is 0 Å². The van der Waals surface area contributed by atoms with Gasteiger partial charge in [0.05, 0.1) is 10.9 Å². The van der Waals surface area contributed by atoms with Crippen molar-refractivity contribution in [3.8, 4) is 0 Å². The molecule has 0 aliphatic rings. The van der Waals surface area contributed by atoms with Crippen LogP contribution in [0.5, 0.6) is 0 Å². The second-order valence-corrected chi connectivity index (χ2v) is 7.12. The van der Waals surface area contributed by atoms with Gasteiger partial charge in [-0.3, -0.25) is 4.79 Å². The minimum absolute atomic E-state index is 0.0767. The molecule has 0 bridgehead atoms.